The van der Waals surface area contributed by atoms with Gasteiger partial charge in [-0.3, -0.25) is 4.90 Å². The summed E-state index contributed by atoms with van der Waals surface area (Å²) in [5.41, 5.74) is 2.33. The van der Waals surface area contributed by atoms with Gasteiger partial charge in [-0.2, -0.15) is 0 Å². The Kier molecular flexibility index (Phi) is 5.88. The van der Waals surface area contributed by atoms with E-state index in [1.54, 1.807) is 17.8 Å². The maximum Gasteiger partial charge on any atom is 0.117 e. The maximum absolute atomic E-state index is 9.99. The van der Waals surface area contributed by atoms with Gasteiger partial charge in [-0.15, -0.1) is 0 Å². The molecule has 0 aromatic heterocycles. The van der Waals surface area contributed by atoms with Crippen molar-refractivity contribution in [1.82, 2.24) is 9.80 Å². The highest BCUT2D eigenvalue weighted by molar-refractivity contribution is 7.99. The second-order valence-corrected chi connectivity index (χ2v) is 8.22. The van der Waals surface area contributed by atoms with E-state index in [4.69, 9.17) is 5.11 Å². The number of phenols is 1. The van der Waals surface area contributed by atoms with E-state index < -0.39 is 0 Å². The lowest BCUT2D eigenvalue weighted by Gasteiger charge is -2.36. The number of anilines is 2. The van der Waals surface area contributed by atoms with Crippen LogP contribution < -0.4 is 4.90 Å². The van der Waals surface area contributed by atoms with Crippen LogP contribution in [0, 0.1) is 0 Å². The molecule has 27 heavy (non-hydrogen) atoms. The van der Waals surface area contributed by atoms with Crippen molar-refractivity contribution in [2.45, 2.75) is 16.2 Å². The van der Waals surface area contributed by atoms with Crippen LogP contribution in [0.2, 0.25) is 0 Å². The van der Waals surface area contributed by atoms with Crippen molar-refractivity contribution >= 4 is 23.1 Å². The van der Waals surface area contributed by atoms with Gasteiger partial charge in [0.15, 0.2) is 0 Å². The lowest BCUT2D eigenvalue weighted by molar-refractivity contribution is 0.112. The third-order valence-electron chi connectivity index (χ3n) is 5.35. The van der Waals surface area contributed by atoms with E-state index in [9.17, 15) is 5.11 Å². The number of aromatic hydroxyl groups is 1. The minimum Gasteiger partial charge on any atom is -0.508 e. The normalized spacial score (nSPS) is 17.6. The minimum absolute atomic E-state index is 0.249. The summed E-state index contributed by atoms with van der Waals surface area (Å²) in [7, 11) is 0. The molecular weight excluding hydrogens is 358 g/mol. The average Bonchev–Trinajstić information content (AvgIpc) is 2.69. The fourth-order valence-corrected chi connectivity index (χ4v) is 4.97. The second kappa shape index (κ2) is 8.52. The molecule has 2 aliphatic rings. The monoisotopic (exact) mass is 385 g/mol. The quantitative estimate of drug-likeness (QED) is 0.797. The predicted molar refractivity (Wildman–Crippen MR) is 110 cm³/mol. The third-order valence-corrected chi connectivity index (χ3v) is 6.48. The molecule has 0 saturated carbocycles. The molecule has 2 N–H and O–H groups in total. The molecule has 1 fully saturated rings. The standard InChI is InChI=1S/C21H27N3O2S/c25-15-14-23-12-10-22(11-13-23)8-3-9-24-18-4-1-2-5-20(18)27-21-7-6-17(26)16-19(21)24/h1-2,4-7,16,25-26H,3,8-15H2. The Labute approximate surface area is 165 Å². The highest BCUT2D eigenvalue weighted by Gasteiger charge is 2.24. The van der Waals surface area contributed by atoms with Gasteiger partial charge in [0.1, 0.15) is 5.75 Å². The van der Waals surface area contributed by atoms with Crippen LogP contribution in [0.4, 0.5) is 11.4 Å². The first-order valence-electron chi connectivity index (χ1n) is 9.67. The molecule has 0 aliphatic carbocycles. The van der Waals surface area contributed by atoms with Gasteiger partial charge in [0.05, 0.1) is 18.0 Å². The third kappa shape index (κ3) is 4.24. The number of piperazine rings is 1. The summed E-state index contributed by atoms with van der Waals surface area (Å²) in [6.07, 6.45) is 1.08. The molecule has 0 unspecified atom stereocenters. The summed E-state index contributed by atoms with van der Waals surface area (Å²) in [6, 6.07) is 14.2. The number of aliphatic hydroxyl groups is 1. The topological polar surface area (TPSA) is 50.2 Å². The molecular formula is C21H27N3O2S. The first-order chi connectivity index (χ1) is 13.2. The molecule has 6 heteroatoms. The Hall–Kier alpha value is -1.73. The summed E-state index contributed by atoms with van der Waals surface area (Å²) in [5, 5.41) is 19.1. The van der Waals surface area contributed by atoms with Crippen molar-refractivity contribution in [3.8, 4) is 5.75 Å². The lowest BCUT2D eigenvalue weighted by atomic mass is 10.2. The summed E-state index contributed by atoms with van der Waals surface area (Å²) in [6.45, 7) is 7.28. The van der Waals surface area contributed by atoms with Crippen LogP contribution >= 0.6 is 11.8 Å². The van der Waals surface area contributed by atoms with E-state index in [2.05, 4.69) is 39.0 Å². The van der Waals surface area contributed by atoms with Crippen LogP contribution in [0.1, 0.15) is 6.42 Å². The van der Waals surface area contributed by atoms with Crippen molar-refractivity contribution in [2.24, 2.45) is 0 Å². The lowest BCUT2D eigenvalue weighted by Crippen LogP contribution is -2.47. The maximum atomic E-state index is 9.99. The van der Waals surface area contributed by atoms with E-state index in [0.717, 1.165) is 57.9 Å². The fourth-order valence-electron chi connectivity index (χ4n) is 3.89. The number of hydrogen-bond donors (Lipinski definition) is 2. The summed E-state index contributed by atoms with van der Waals surface area (Å²) in [4.78, 5) is 9.66. The van der Waals surface area contributed by atoms with Crippen molar-refractivity contribution in [2.75, 3.05) is 57.3 Å². The molecule has 0 radical (unpaired) electrons. The largest absolute Gasteiger partial charge is 0.508 e. The van der Waals surface area contributed by atoms with Crippen molar-refractivity contribution < 1.29 is 10.2 Å². The summed E-state index contributed by atoms with van der Waals surface area (Å²) >= 11 is 1.77. The first kappa shape index (κ1) is 18.6. The number of fused-ring (bicyclic) bond motifs is 2. The van der Waals surface area contributed by atoms with Crippen LogP contribution in [0.15, 0.2) is 52.3 Å². The fraction of sp³-hybridized carbons (Fsp3) is 0.429. The van der Waals surface area contributed by atoms with Gasteiger partial charge < -0.3 is 20.0 Å². The van der Waals surface area contributed by atoms with Crippen LogP contribution in [0.3, 0.4) is 0 Å². The van der Waals surface area contributed by atoms with Gasteiger partial charge in [0.2, 0.25) is 0 Å². The average molecular weight is 386 g/mol. The number of aliphatic hydroxyl groups excluding tert-OH is 1. The predicted octanol–water partition coefficient (Wildman–Crippen LogP) is 2.99. The molecule has 2 aliphatic heterocycles. The first-order valence-corrected chi connectivity index (χ1v) is 10.5. The number of para-hydroxylation sites is 1. The molecule has 144 valence electrons. The van der Waals surface area contributed by atoms with Gasteiger partial charge in [-0.1, -0.05) is 23.9 Å². The van der Waals surface area contributed by atoms with Gasteiger partial charge >= 0.3 is 0 Å². The molecule has 4 rings (SSSR count). The Balaban J connectivity index is 1.41. The van der Waals surface area contributed by atoms with E-state index in [1.165, 1.54) is 15.5 Å². The van der Waals surface area contributed by atoms with Crippen LogP contribution in [0.5, 0.6) is 5.75 Å². The highest BCUT2D eigenvalue weighted by atomic mass is 32.2. The highest BCUT2D eigenvalue weighted by Crippen LogP contribution is 2.48. The number of hydrogen-bond acceptors (Lipinski definition) is 6. The molecule has 2 aromatic rings. The smallest absolute Gasteiger partial charge is 0.117 e. The van der Waals surface area contributed by atoms with Gasteiger partial charge in [-0.05, 0) is 37.2 Å². The van der Waals surface area contributed by atoms with Gasteiger partial charge in [-0.25, -0.2) is 0 Å². The molecule has 0 amide bonds. The van der Waals surface area contributed by atoms with Crippen molar-refractivity contribution in [1.29, 1.82) is 0 Å². The van der Waals surface area contributed by atoms with Crippen LogP contribution in [-0.4, -0.2) is 72.4 Å². The molecule has 2 aromatic carbocycles. The van der Waals surface area contributed by atoms with Crippen molar-refractivity contribution in [3.63, 3.8) is 0 Å². The number of rotatable bonds is 6. The number of benzene rings is 2. The summed E-state index contributed by atoms with van der Waals surface area (Å²) in [5.74, 6) is 0.318. The van der Waals surface area contributed by atoms with Gasteiger partial charge in [0.25, 0.3) is 0 Å². The Morgan fingerprint density at radius 3 is 2.30 bits per heavy atom. The van der Waals surface area contributed by atoms with Crippen LogP contribution in [0.25, 0.3) is 0 Å². The Bertz CT molecular complexity index is 778. The number of phenolic OH excluding ortho intramolecular Hbond substituents is 1. The number of nitrogens with zero attached hydrogens (tertiary/aromatic N) is 3. The number of β-amino-alcohol motifs (C(OH)–C–C–N with tert-alkyl or cyclic N) is 1. The molecule has 0 spiro atoms. The SMILES string of the molecule is OCCN1CCN(CCCN2c3ccccc3Sc3ccc(O)cc32)CC1. The van der Waals surface area contributed by atoms with E-state index in [-0.39, 0.29) is 6.61 Å². The summed E-state index contributed by atoms with van der Waals surface area (Å²) < 4.78 is 0. The minimum atomic E-state index is 0.249. The van der Waals surface area contributed by atoms with E-state index >= 15 is 0 Å². The Morgan fingerprint density at radius 1 is 0.815 bits per heavy atom. The van der Waals surface area contributed by atoms with E-state index in [0.29, 0.717) is 5.75 Å². The van der Waals surface area contributed by atoms with Crippen molar-refractivity contribution in [3.05, 3.63) is 42.5 Å². The second-order valence-electron chi connectivity index (χ2n) is 7.13. The molecule has 1 saturated heterocycles. The zero-order valence-electron chi connectivity index (χ0n) is 15.5. The van der Waals surface area contributed by atoms with Crippen LogP contribution in [-0.2, 0) is 0 Å². The zero-order chi connectivity index (χ0) is 18.6. The van der Waals surface area contributed by atoms with E-state index in [1.807, 2.05) is 12.1 Å². The molecule has 0 atom stereocenters. The van der Waals surface area contributed by atoms with Gasteiger partial charge in [0, 0.05) is 55.1 Å². The molecule has 5 nitrogen and oxygen atoms in total. The Morgan fingerprint density at radius 2 is 1.52 bits per heavy atom. The molecule has 0 bridgehead atoms. The molecule has 2 heterocycles. The zero-order valence-corrected chi connectivity index (χ0v) is 16.4.